The van der Waals surface area contributed by atoms with Crippen LogP contribution in [0.5, 0.6) is 11.5 Å². The van der Waals surface area contributed by atoms with Crippen LogP contribution >= 0.6 is 0 Å². The predicted molar refractivity (Wildman–Crippen MR) is 104 cm³/mol. The van der Waals surface area contributed by atoms with Gasteiger partial charge in [0.1, 0.15) is 23.6 Å². The third-order valence-corrected chi connectivity index (χ3v) is 4.65. The lowest BCUT2D eigenvalue weighted by atomic mass is 10.1. The number of nitrogens with one attached hydrogen (secondary N) is 1. The highest BCUT2D eigenvalue weighted by Gasteiger charge is 2.31. The molecule has 0 saturated heterocycles. The Labute approximate surface area is 153 Å². The van der Waals surface area contributed by atoms with Gasteiger partial charge >= 0.3 is 0 Å². The zero-order valence-corrected chi connectivity index (χ0v) is 15.4. The van der Waals surface area contributed by atoms with Crippen LogP contribution in [0.4, 0.5) is 17.1 Å². The van der Waals surface area contributed by atoms with E-state index in [-0.39, 0.29) is 18.1 Å². The molecule has 26 heavy (non-hydrogen) atoms. The van der Waals surface area contributed by atoms with Crippen LogP contribution < -0.4 is 25.4 Å². The summed E-state index contributed by atoms with van der Waals surface area (Å²) in [5.41, 5.74) is 8.08. The molecule has 2 atom stereocenters. The molecule has 1 amide bonds. The van der Waals surface area contributed by atoms with Crippen LogP contribution in [0.2, 0.25) is 0 Å². The van der Waals surface area contributed by atoms with Gasteiger partial charge in [-0.05, 0) is 37.6 Å². The number of rotatable bonds is 5. The van der Waals surface area contributed by atoms with Gasteiger partial charge < -0.3 is 25.4 Å². The zero-order valence-electron chi connectivity index (χ0n) is 15.4. The van der Waals surface area contributed by atoms with E-state index >= 15 is 0 Å². The molecule has 2 aromatic rings. The number of para-hydroxylation sites is 2. The summed E-state index contributed by atoms with van der Waals surface area (Å²) < 4.78 is 11.3. The predicted octanol–water partition coefficient (Wildman–Crippen LogP) is 3.28. The van der Waals surface area contributed by atoms with E-state index in [4.69, 9.17) is 15.2 Å². The Kier molecular flexibility index (Phi) is 5.21. The standard InChI is InChI=1S/C20H25N3O3/c1-4-15-12-23(17-10-9-14(21)11-19(17)26-15)13(2)20(24)22-16-7-5-6-8-18(16)25-3/h5-11,13,15H,4,12,21H2,1-3H3,(H,22,24). The minimum atomic E-state index is -0.375. The second-order valence-electron chi connectivity index (χ2n) is 6.39. The molecule has 0 aliphatic carbocycles. The quantitative estimate of drug-likeness (QED) is 0.805. The van der Waals surface area contributed by atoms with Crippen molar-refractivity contribution in [2.75, 3.05) is 29.6 Å². The Morgan fingerprint density at radius 3 is 2.88 bits per heavy atom. The van der Waals surface area contributed by atoms with Gasteiger partial charge in [0.15, 0.2) is 0 Å². The number of methoxy groups -OCH3 is 1. The molecule has 0 spiro atoms. The molecular formula is C20H25N3O3. The molecular weight excluding hydrogens is 330 g/mol. The first kappa shape index (κ1) is 17.9. The molecule has 2 unspecified atom stereocenters. The smallest absolute Gasteiger partial charge is 0.246 e. The van der Waals surface area contributed by atoms with Crippen molar-refractivity contribution in [1.82, 2.24) is 0 Å². The molecule has 0 aromatic heterocycles. The minimum Gasteiger partial charge on any atom is -0.495 e. The number of amides is 1. The van der Waals surface area contributed by atoms with Gasteiger partial charge in [-0.15, -0.1) is 0 Å². The van der Waals surface area contributed by atoms with Crippen molar-refractivity contribution in [3.63, 3.8) is 0 Å². The number of benzene rings is 2. The van der Waals surface area contributed by atoms with Crippen LogP contribution in [-0.2, 0) is 4.79 Å². The van der Waals surface area contributed by atoms with Crippen molar-refractivity contribution < 1.29 is 14.3 Å². The Balaban J connectivity index is 1.84. The molecule has 1 aliphatic rings. The molecule has 0 saturated carbocycles. The summed E-state index contributed by atoms with van der Waals surface area (Å²) in [5, 5.41) is 2.96. The number of carbonyl (C=O) groups excluding carboxylic acids is 1. The summed E-state index contributed by atoms with van der Waals surface area (Å²) in [6.07, 6.45) is 0.872. The highest BCUT2D eigenvalue weighted by Crippen LogP contribution is 2.37. The van der Waals surface area contributed by atoms with E-state index in [1.165, 1.54) is 0 Å². The molecule has 1 heterocycles. The maximum atomic E-state index is 12.9. The van der Waals surface area contributed by atoms with E-state index in [1.807, 2.05) is 49.4 Å². The second-order valence-corrected chi connectivity index (χ2v) is 6.39. The van der Waals surface area contributed by atoms with Crippen molar-refractivity contribution in [2.24, 2.45) is 0 Å². The van der Waals surface area contributed by atoms with Crippen LogP contribution in [0.1, 0.15) is 20.3 Å². The van der Waals surface area contributed by atoms with Crippen molar-refractivity contribution in [3.05, 3.63) is 42.5 Å². The topological polar surface area (TPSA) is 76.8 Å². The van der Waals surface area contributed by atoms with Gasteiger partial charge in [0.2, 0.25) is 5.91 Å². The molecule has 2 aromatic carbocycles. The number of nitrogens with two attached hydrogens (primary N) is 1. The van der Waals surface area contributed by atoms with Crippen molar-refractivity contribution >= 4 is 23.0 Å². The van der Waals surface area contributed by atoms with Gasteiger partial charge in [-0.25, -0.2) is 0 Å². The number of anilines is 3. The Morgan fingerprint density at radius 2 is 2.15 bits per heavy atom. The maximum Gasteiger partial charge on any atom is 0.246 e. The van der Waals surface area contributed by atoms with Gasteiger partial charge in [0.25, 0.3) is 0 Å². The molecule has 3 N–H and O–H groups in total. The van der Waals surface area contributed by atoms with Crippen LogP contribution in [0.15, 0.2) is 42.5 Å². The summed E-state index contributed by atoms with van der Waals surface area (Å²) in [6.45, 7) is 4.61. The normalized spacial score (nSPS) is 17.0. The van der Waals surface area contributed by atoms with Crippen LogP contribution in [0.25, 0.3) is 0 Å². The van der Waals surface area contributed by atoms with Crippen molar-refractivity contribution in [1.29, 1.82) is 0 Å². The van der Waals surface area contributed by atoms with E-state index in [1.54, 1.807) is 7.11 Å². The first-order chi connectivity index (χ1) is 12.5. The molecule has 138 valence electrons. The van der Waals surface area contributed by atoms with E-state index in [0.717, 1.165) is 17.9 Å². The fourth-order valence-electron chi connectivity index (χ4n) is 3.10. The third-order valence-electron chi connectivity index (χ3n) is 4.65. The number of ether oxygens (including phenoxy) is 2. The Morgan fingerprint density at radius 1 is 1.38 bits per heavy atom. The number of hydrogen-bond donors (Lipinski definition) is 2. The Hall–Kier alpha value is -2.89. The van der Waals surface area contributed by atoms with E-state index in [0.29, 0.717) is 23.7 Å². The molecule has 0 radical (unpaired) electrons. The number of nitrogen functional groups attached to an aromatic ring is 1. The van der Waals surface area contributed by atoms with Gasteiger partial charge in [-0.1, -0.05) is 19.1 Å². The lowest BCUT2D eigenvalue weighted by Crippen LogP contribution is -2.49. The minimum absolute atomic E-state index is 0.0193. The van der Waals surface area contributed by atoms with E-state index in [9.17, 15) is 4.79 Å². The van der Waals surface area contributed by atoms with Crippen molar-refractivity contribution in [2.45, 2.75) is 32.4 Å². The number of nitrogens with zero attached hydrogens (tertiary/aromatic N) is 1. The van der Waals surface area contributed by atoms with Gasteiger partial charge in [-0.3, -0.25) is 4.79 Å². The van der Waals surface area contributed by atoms with Gasteiger partial charge in [0, 0.05) is 11.8 Å². The molecule has 0 fully saturated rings. The average molecular weight is 355 g/mol. The highest BCUT2D eigenvalue weighted by molar-refractivity contribution is 5.98. The average Bonchev–Trinajstić information content (AvgIpc) is 2.66. The lowest BCUT2D eigenvalue weighted by molar-refractivity contribution is -0.117. The lowest BCUT2D eigenvalue weighted by Gasteiger charge is -2.39. The first-order valence-electron chi connectivity index (χ1n) is 8.80. The maximum absolute atomic E-state index is 12.9. The van der Waals surface area contributed by atoms with Crippen LogP contribution in [0, 0.1) is 0 Å². The summed E-state index contributed by atoms with van der Waals surface area (Å²) in [7, 11) is 1.59. The summed E-state index contributed by atoms with van der Waals surface area (Å²) >= 11 is 0. The summed E-state index contributed by atoms with van der Waals surface area (Å²) in [4.78, 5) is 14.9. The molecule has 6 heteroatoms. The number of carbonyl (C=O) groups is 1. The fraction of sp³-hybridized carbons (Fsp3) is 0.350. The molecule has 3 rings (SSSR count). The Bertz CT molecular complexity index is 794. The summed E-state index contributed by atoms with van der Waals surface area (Å²) in [5.74, 6) is 1.25. The molecule has 0 bridgehead atoms. The van der Waals surface area contributed by atoms with Gasteiger partial charge in [0.05, 0.1) is 25.0 Å². The summed E-state index contributed by atoms with van der Waals surface area (Å²) in [6, 6.07) is 12.5. The second kappa shape index (κ2) is 7.56. The van der Waals surface area contributed by atoms with Crippen molar-refractivity contribution in [3.8, 4) is 11.5 Å². The largest absolute Gasteiger partial charge is 0.495 e. The first-order valence-corrected chi connectivity index (χ1v) is 8.80. The van der Waals surface area contributed by atoms with Crippen LogP contribution in [-0.4, -0.2) is 31.7 Å². The SMILES string of the molecule is CCC1CN(C(C)C(=O)Nc2ccccc2OC)c2ccc(N)cc2O1. The number of hydrogen-bond acceptors (Lipinski definition) is 5. The zero-order chi connectivity index (χ0) is 18.7. The molecule has 1 aliphatic heterocycles. The van der Waals surface area contributed by atoms with Gasteiger partial charge in [-0.2, -0.15) is 0 Å². The fourth-order valence-corrected chi connectivity index (χ4v) is 3.10. The highest BCUT2D eigenvalue weighted by atomic mass is 16.5. The monoisotopic (exact) mass is 355 g/mol. The van der Waals surface area contributed by atoms with E-state index in [2.05, 4.69) is 17.1 Å². The van der Waals surface area contributed by atoms with Crippen LogP contribution in [0.3, 0.4) is 0 Å². The molecule has 6 nitrogen and oxygen atoms in total. The number of fused-ring (bicyclic) bond motifs is 1. The third kappa shape index (κ3) is 3.54. The van der Waals surface area contributed by atoms with E-state index < -0.39 is 0 Å².